The molecule has 1 aromatic carbocycles. The molecule has 2 aromatic heterocycles. The smallest absolute Gasteiger partial charge is 0.166 e. The molecule has 0 spiro atoms. The van der Waals surface area contributed by atoms with Crippen LogP contribution in [-0.2, 0) is 11.2 Å². The standard InChI is InChI=1S/C16H14N4O/c21-15(11-6-7-11)8-14-13-9-19-20(16(13)18-10-17-14)12-4-2-1-3-5-12/h1-5,9-11H,6-8H2. The van der Waals surface area contributed by atoms with Crippen LogP contribution in [0, 0.1) is 5.92 Å². The lowest BCUT2D eigenvalue weighted by Crippen LogP contribution is -2.07. The van der Waals surface area contributed by atoms with Crippen LogP contribution < -0.4 is 0 Å². The first-order chi connectivity index (χ1) is 10.3. The summed E-state index contributed by atoms with van der Waals surface area (Å²) < 4.78 is 1.78. The summed E-state index contributed by atoms with van der Waals surface area (Å²) in [4.78, 5) is 20.6. The minimum absolute atomic E-state index is 0.249. The van der Waals surface area contributed by atoms with E-state index >= 15 is 0 Å². The molecule has 0 unspecified atom stereocenters. The van der Waals surface area contributed by atoms with Gasteiger partial charge in [-0.1, -0.05) is 18.2 Å². The number of carbonyl (C=O) groups is 1. The van der Waals surface area contributed by atoms with Crippen molar-refractivity contribution in [1.29, 1.82) is 0 Å². The quantitative estimate of drug-likeness (QED) is 0.735. The van der Waals surface area contributed by atoms with Crippen molar-refractivity contribution < 1.29 is 4.79 Å². The third kappa shape index (κ3) is 2.20. The molecule has 5 heteroatoms. The Morgan fingerprint density at radius 2 is 2.00 bits per heavy atom. The maximum Gasteiger partial charge on any atom is 0.166 e. The van der Waals surface area contributed by atoms with Crippen molar-refractivity contribution in [3.63, 3.8) is 0 Å². The number of nitrogens with zero attached hydrogens (tertiary/aromatic N) is 4. The fourth-order valence-corrected chi connectivity index (χ4v) is 2.51. The highest BCUT2D eigenvalue weighted by Crippen LogP contribution is 2.31. The van der Waals surface area contributed by atoms with E-state index in [0.717, 1.165) is 35.3 Å². The first-order valence-corrected chi connectivity index (χ1v) is 7.08. The van der Waals surface area contributed by atoms with E-state index in [4.69, 9.17) is 0 Å². The van der Waals surface area contributed by atoms with Crippen LogP contribution in [0.3, 0.4) is 0 Å². The Balaban J connectivity index is 1.77. The van der Waals surface area contributed by atoms with E-state index in [0.29, 0.717) is 6.42 Å². The normalized spacial score (nSPS) is 14.5. The van der Waals surface area contributed by atoms with E-state index in [-0.39, 0.29) is 11.7 Å². The molecule has 1 saturated carbocycles. The fraction of sp³-hybridized carbons (Fsp3) is 0.250. The summed E-state index contributed by atoms with van der Waals surface area (Å²) >= 11 is 0. The van der Waals surface area contributed by atoms with Gasteiger partial charge in [0.25, 0.3) is 0 Å². The molecule has 0 saturated heterocycles. The van der Waals surface area contributed by atoms with Crippen LogP contribution in [0.2, 0.25) is 0 Å². The van der Waals surface area contributed by atoms with Gasteiger partial charge in [-0.05, 0) is 25.0 Å². The van der Waals surface area contributed by atoms with E-state index in [1.807, 2.05) is 30.3 Å². The summed E-state index contributed by atoms with van der Waals surface area (Å²) in [7, 11) is 0. The predicted octanol–water partition coefficient (Wildman–Crippen LogP) is 2.34. The molecule has 0 aliphatic heterocycles. The maximum atomic E-state index is 12.0. The highest BCUT2D eigenvalue weighted by Gasteiger charge is 2.30. The zero-order valence-electron chi connectivity index (χ0n) is 11.4. The largest absolute Gasteiger partial charge is 0.299 e. The van der Waals surface area contributed by atoms with Crippen molar-refractivity contribution in [1.82, 2.24) is 19.7 Å². The molecule has 0 atom stereocenters. The summed E-state index contributed by atoms with van der Waals surface area (Å²) in [6.07, 6.45) is 5.69. The molecule has 2 heterocycles. The van der Waals surface area contributed by atoms with Crippen molar-refractivity contribution in [2.24, 2.45) is 5.92 Å². The maximum absolute atomic E-state index is 12.0. The van der Waals surface area contributed by atoms with Crippen molar-refractivity contribution >= 4 is 16.8 Å². The lowest BCUT2D eigenvalue weighted by molar-refractivity contribution is -0.119. The van der Waals surface area contributed by atoms with Crippen LogP contribution in [0.1, 0.15) is 18.5 Å². The predicted molar refractivity (Wildman–Crippen MR) is 78.1 cm³/mol. The van der Waals surface area contributed by atoms with E-state index in [1.54, 1.807) is 10.9 Å². The van der Waals surface area contributed by atoms with Gasteiger partial charge in [0, 0.05) is 12.3 Å². The number of ketones is 1. The van der Waals surface area contributed by atoms with E-state index in [9.17, 15) is 4.79 Å². The van der Waals surface area contributed by atoms with Crippen LogP contribution in [0.15, 0.2) is 42.9 Å². The van der Waals surface area contributed by atoms with E-state index in [2.05, 4.69) is 15.1 Å². The van der Waals surface area contributed by atoms with Crippen molar-refractivity contribution in [3.05, 3.63) is 48.5 Å². The third-order valence-electron chi connectivity index (χ3n) is 3.82. The lowest BCUT2D eigenvalue weighted by atomic mass is 10.1. The number of rotatable bonds is 4. The number of aromatic nitrogens is 4. The number of hydrogen-bond donors (Lipinski definition) is 0. The molecule has 5 nitrogen and oxygen atoms in total. The van der Waals surface area contributed by atoms with Gasteiger partial charge in [0.1, 0.15) is 12.1 Å². The SMILES string of the molecule is O=C(Cc1ncnc2c1cnn2-c1ccccc1)C1CC1. The Labute approximate surface area is 121 Å². The van der Waals surface area contributed by atoms with Gasteiger partial charge in [-0.15, -0.1) is 0 Å². The molecule has 0 N–H and O–H groups in total. The van der Waals surface area contributed by atoms with Gasteiger partial charge in [-0.25, -0.2) is 14.6 Å². The molecule has 3 aromatic rings. The number of carbonyl (C=O) groups excluding carboxylic acids is 1. The molecular weight excluding hydrogens is 264 g/mol. The minimum Gasteiger partial charge on any atom is -0.299 e. The zero-order chi connectivity index (χ0) is 14.2. The Bertz CT molecular complexity index is 806. The number of para-hydroxylation sites is 1. The van der Waals surface area contributed by atoms with Crippen LogP contribution in [0.25, 0.3) is 16.7 Å². The first-order valence-electron chi connectivity index (χ1n) is 7.08. The Morgan fingerprint density at radius 1 is 1.19 bits per heavy atom. The van der Waals surface area contributed by atoms with E-state index in [1.165, 1.54) is 6.33 Å². The molecule has 0 amide bonds. The second-order valence-electron chi connectivity index (χ2n) is 5.37. The Hall–Kier alpha value is -2.56. The summed E-state index contributed by atoms with van der Waals surface area (Å²) in [5, 5.41) is 5.25. The second kappa shape index (κ2) is 4.77. The topological polar surface area (TPSA) is 60.7 Å². The summed E-state index contributed by atoms with van der Waals surface area (Å²) in [5.74, 6) is 0.529. The van der Waals surface area contributed by atoms with Crippen molar-refractivity contribution in [3.8, 4) is 5.69 Å². The van der Waals surface area contributed by atoms with Gasteiger partial charge in [0.2, 0.25) is 0 Å². The Kier molecular flexibility index (Phi) is 2.77. The van der Waals surface area contributed by atoms with Crippen molar-refractivity contribution in [2.45, 2.75) is 19.3 Å². The molecule has 1 aliphatic carbocycles. The fourth-order valence-electron chi connectivity index (χ4n) is 2.51. The second-order valence-corrected chi connectivity index (χ2v) is 5.37. The average Bonchev–Trinajstić information content (AvgIpc) is 3.28. The number of Topliss-reactive ketones (excluding diaryl/α,β-unsaturated/α-hetero) is 1. The van der Waals surface area contributed by atoms with Crippen molar-refractivity contribution in [2.75, 3.05) is 0 Å². The first kappa shape index (κ1) is 12.2. The van der Waals surface area contributed by atoms with Gasteiger partial charge >= 0.3 is 0 Å². The Morgan fingerprint density at radius 3 is 2.76 bits per heavy atom. The molecule has 104 valence electrons. The molecule has 1 aliphatic rings. The van der Waals surface area contributed by atoms with Crippen LogP contribution in [0.5, 0.6) is 0 Å². The average molecular weight is 278 g/mol. The summed E-state index contributed by atoms with van der Waals surface area (Å²) in [6, 6.07) is 9.83. The summed E-state index contributed by atoms with van der Waals surface area (Å²) in [6.45, 7) is 0. The van der Waals surface area contributed by atoms with Crippen LogP contribution >= 0.6 is 0 Å². The van der Waals surface area contributed by atoms with Gasteiger partial charge in [-0.3, -0.25) is 4.79 Å². The van der Waals surface area contributed by atoms with Crippen LogP contribution in [0.4, 0.5) is 0 Å². The molecule has 0 bridgehead atoms. The van der Waals surface area contributed by atoms with Gasteiger partial charge in [-0.2, -0.15) is 5.10 Å². The van der Waals surface area contributed by atoms with E-state index < -0.39 is 0 Å². The molecule has 21 heavy (non-hydrogen) atoms. The highest BCUT2D eigenvalue weighted by atomic mass is 16.1. The highest BCUT2D eigenvalue weighted by molar-refractivity contribution is 5.89. The van der Waals surface area contributed by atoms with Crippen LogP contribution in [-0.4, -0.2) is 25.5 Å². The monoisotopic (exact) mass is 278 g/mol. The summed E-state index contributed by atoms with van der Waals surface area (Å²) in [5.41, 5.74) is 2.47. The van der Waals surface area contributed by atoms with Gasteiger partial charge in [0.05, 0.1) is 23.0 Å². The molecule has 1 fully saturated rings. The zero-order valence-corrected chi connectivity index (χ0v) is 11.4. The lowest BCUT2D eigenvalue weighted by Gasteiger charge is -2.03. The number of fused-ring (bicyclic) bond motifs is 1. The number of benzene rings is 1. The van der Waals surface area contributed by atoms with Gasteiger partial charge < -0.3 is 0 Å². The van der Waals surface area contributed by atoms with Gasteiger partial charge in [0.15, 0.2) is 5.65 Å². The molecular formula is C16H14N4O. The number of hydrogen-bond acceptors (Lipinski definition) is 4. The molecule has 0 radical (unpaired) electrons. The minimum atomic E-state index is 0.249. The third-order valence-corrected chi connectivity index (χ3v) is 3.82. The molecule has 4 rings (SSSR count).